The normalized spacial score (nSPS) is 17.5. The highest BCUT2D eigenvalue weighted by Gasteiger charge is 2.29. The van der Waals surface area contributed by atoms with Gasteiger partial charge in [0.1, 0.15) is 22.8 Å². The van der Waals surface area contributed by atoms with Crippen LogP contribution < -0.4 is 10.6 Å². The van der Waals surface area contributed by atoms with E-state index in [1.807, 2.05) is 32.9 Å². The minimum atomic E-state index is -0.462. The van der Waals surface area contributed by atoms with Gasteiger partial charge in [0, 0.05) is 38.0 Å². The zero-order chi connectivity index (χ0) is 26.3. The van der Waals surface area contributed by atoms with Gasteiger partial charge in [-0.05, 0) is 87.3 Å². The van der Waals surface area contributed by atoms with Gasteiger partial charge in [0.2, 0.25) is 0 Å². The molecular formula is C30H39FN2O4. The number of rotatable bonds is 12. The molecule has 4 rings (SSSR count). The molecule has 1 aliphatic rings. The van der Waals surface area contributed by atoms with E-state index in [-0.39, 0.29) is 11.9 Å². The molecule has 3 aromatic rings. The molecule has 200 valence electrons. The van der Waals surface area contributed by atoms with Crippen LogP contribution in [0.25, 0.3) is 11.0 Å². The van der Waals surface area contributed by atoms with E-state index in [0.29, 0.717) is 25.0 Å². The monoisotopic (exact) mass is 510 g/mol. The summed E-state index contributed by atoms with van der Waals surface area (Å²) in [5, 5.41) is 7.39. The second kappa shape index (κ2) is 12.6. The fraction of sp³-hybridized carbons (Fsp3) is 0.500. The van der Waals surface area contributed by atoms with Gasteiger partial charge in [0.25, 0.3) is 0 Å². The fourth-order valence-corrected chi connectivity index (χ4v) is 4.63. The predicted octanol–water partition coefficient (Wildman–Crippen LogP) is 6.01. The highest BCUT2D eigenvalue weighted by Crippen LogP contribution is 2.33. The first-order valence-corrected chi connectivity index (χ1v) is 13.2. The van der Waals surface area contributed by atoms with Gasteiger partial charge >= 0.3 is 6.09 Å². The molecule has 0 aliphatic heterocycles. The van der Waals surface area contributed by atoms with Crippen LogP contribution in [-0.2, 0) is 28.9 Å². The number of ether oxygens (including phenoxy) is 2. The minimum Gasteiger partial charge on any atom is -0.461 e. The third-order valence-corrected chi connectivity index (χ3v) is 6.58. The molecule has 1 amide bonds. The molecule has 7 heteroatoms. The van der Waals surface area contributed by atoms with Crippen LogP contribution in [0.1, 0.15) is 50.5 Å². The van der Waals surface area contributed by atoms with Crippen molar-refractivity contribution in [2.24, 2.45) is 11.8 Å². The van der Waals surface area contributed by atoms with Gasteiger partial charge in [-0.25, -0.2) is 9.18 Å². The first-order chi connectivity index (χ1) is 17.7. The highest BCUT2D eigenvalue weighted by molar-refractivity contribution is 5.78. The molecule has 0 bridgehead atoms. The molecular weight excluding hydrogens is 471 g/mol. The maximum Gasteiger partial charge on any atom is 0.407 e. The van der Waals surface area contributed by atoms with Crippen molar-refractivity contribution in [3.8, 4) is 0 Å². The van der Waals surface area contributed by atoms with E-state index in [1.165, 1.54) is 17.7 Å². The van der Waals surface area contributed by atoms with Crippen molar-refractivity contribution in [2.75, 3.05) is 26.3 Å². The van der Waals surface area contributed by atoms with E-state index in [2.05, 4.69) is 34.9 Å². The van der Waals surface area contributed by atoms with Crippen LogP contribution in [0.5, 0.6) is 0 Å². The lowest BCUT2D eigenvalue weighted by atomic mass is 9.75. The molecule has 1 heterocycles. The Balaban J connectivity index is 1.07. The van der Waals surface area contributed by atoms with Crippen molar-refractivity contribution < 1.29 is 23.1 Å². The summed E-state index contributed by atoms with van der Waals surface area (Å²) in [4.78, 5) is 11.7. The molecule has 2 aromatic carbocycles. The Kier molecular flexibility index (Phi) is 9.22. The highest BCUT2D eigenvalue weighted by atomic mass is 19.1. The molecule has 0 saturated heterocycles. The molecule has 37 heavy (non-hydrogen) atoms. The van der Waals surface area contributed by atoms with Gasteiger partial charge in [-0.2, -0.15) is 0 Å². The summed E-state index contributed by atoms with van der Waals surface area (Å²) in [6, 6.07) is 15.0. The number of hydrogen-bond acceptors (Lipinski definition) is 5. The summed E-state index contributed by atoms with van der Waals surface area (Å²) < 4.78 is 30.2. The summed E-state index contributed by atoms with van der Waals surface area (Å²) in [5.41, 5.74) is 2.70. The number of furan rings is 1. The number of alkyl carbamates (subject to hydrolysis) is 1. The van der Waals surface area contributed by atoms with Crippen molar-refractivity contribution >= 4 is 17.1 Å². The van der Waals surface area contributed by atoms with Crippen LogP contribution in [0.3, 0.4) is 0 Å². The van der Waals surface area contributed by atoms with Gasteiger partial charge in [-0.15, -0.1) is 0 Å². The Labute approximate surface area is 218 Å². The van der Waals surface area contributed by atoms with Crippen LogP contribution in [0.15, 0.2) is 52.9 Å². The topological polar surface area (TPSA) is 72.7 Å². The Bertz CT molecular complexity index is 1150. The number of nitrogens with one attached hydrogen (secondary N) is 2. The maximum atomic E-state index is 13.1. The molecule has 0 unspecified atom stereocenters. The average molecular weight is 511 g/mol. The lowest BCUT2D eigenvalue weighted by molar-refractivity contribution is 0.0362. The zero-order valence-electron chi connectivity index (χ0n) is 22.1. The van der Waals surface area contributed by atoms with Gasteiger partial charge < -0.3 is 24.5 Å². The molecule has 1 fully saturated rings. The summed E-state index contributed by atoms with van der Waals surface area (Å²) >= 11 is 0. The van der Waals surface area contributed by atoms with Crippen molar-refractivity contribution in [1.29, 1.82) is 0 Å². The number of hydrogen-bond donors (Lipinski definition) is 2. The van der Waals surface area contributed by atoms with Gasteiger partial charge in [-0.1, -0.05) is 24.3 Å². The summed E-state index contributed by atoms with van der Waals surface area (Å²) in [7, 11) is 0. The fourth-order valence-electron chi connectivity index (χ4n) is 4.63. The average Bonchev–Trinajstić information content (AvgIpc) is 3.22. The van der Waals surface area contributed by atoms with E-state index in [4.69, 9.17) is 13.9 Å². The van der Waals surface area contributed by atoms with E-state index < -0.39 is 5.60 Å². The van der Waals surface area contributed by atoms with Gasteiger partial charge in [0.05, 0.1) is 6.61 Å². The van der Waals surface area contributed by atoms with Crippen LogP contribution in [0, 0.1) is 17.7 Å². The molecule has 0 radical (unpaired) electrons. The SMILES string of the molecule is CC(C)(C)OC(=O)NCC1CC(COCCNCc2ccc3cc(CCc4ccc(F)cc4)oc3c2)C1. The van der Waals surface area contributed by atoms with Crippen molar-refractivity contribution in [3.63, 3.8) is 0 Å². The summed E-state index contributed by atoms with van der Waals surface area (Å²) in [6.07, 6.45) is 3.43. The van der Waals surface area contributed by atoms with E-state index >= 15 is 0 Å². The third-order valence-electron chi connectivity index (χ3n) is 6.58. The first kappa shape index (κ1) is 27.1. The van der Waals surface area contributed by atoms with Crippen LogP contribution in [-0.4, -0.2) is 38.0 Å². The lowest BCUT2D eigenvalue weighted by Gasteiger charge is -2.35. The number of amides is 1. The Morgan fingerprint density at radius 3 is 2.54 bits per heavy atom. The van der Waals surface area contributed by atoms with Crippen molar-refractivity contribution in [2.45, 2.75) is 58.6 Å². The molecule has 0 spiro atoms. The quantitative estimate of drug-likeness (QED) is 0.292. The molecule has 1 saturated carbocycles. The van der Waals surface area contributed by atoms with Crippen LogP contribution in [0.2, 0.25) is 0 Å². The largest absolute Gasteiger partial charge is 0.461 e. The second-order valence-corrected chi connectivity index (χ2v) is 11.0. The van der Waals surface area contributed by atoms with Gasteiger partial charge in [-0.3, -0.25) is 0 Å². The number of halogens is 1. The number of fused-ring (bicyclic) bond motifs is 1. The maximum absolute atomic E-state index is 13.1. The molecule has 2 N–H and O–H groups in total. The van der Waals surface area contributed by atoms with E-state index in [0.717, 1.165) is 67.7 Å². The van der Waals surface area contributed by atoms with Crippen molar-refractivity contribution in [3.05, 3.63) is 71.2 Å². The summed E-state index contributed by atoms with van der Waals surface area (Å²) in [6.45, 7) is 9.26. The molecule has 1 aromatic heterocycles. The lowest BCUT2D eigenvalue weighted by Crippen LogP contribution is -2.40. The standard InChI is InChI=1S/C30H39FN2O4/c1-30(2,3)37-29(34)33-19-23-14-24(15-23)20-35-13-12-32-18-22-4-8-25-17-27(36-28(25)16-22)11-7-21-5-9-26(31)10-6-21/h4-6,8-10,16-17,23-24,32H,7,11-15,18-20H2,1-3H3,(H,33,34). The Hall–Kier alpha value is -2.90. The molecule has 0 atom stereocenters. The third kappa shape index (κ3) is 8.86. The first-order valence-electron chi connectivity index (χ1n) is 13.2. The van der Waals surface area contributed by atoms with Gasteiger partial charge in [0.15, 0.2) is 0 Å². The second-order valence-electron chi connectivity index (χ2n) is 11.0. The van der Waals surface area contributed by atoms with Crippen molar-refractivity contribution in [1.82, 2.24) is 10.6 Å². The Morgan fingerprint density at radius 1 is 1.03 bits per heavy atom. The van der Waals surface area contributed by atoms with Crippen LogP contribution >= 0.6 is 0 Å². The van der Waals surface area contributed by atoms with E-state index in [1.54, 1.807) is 0 Å². The Morgan fingerprint density at radius 2 is 1.78 bits per heavy atom. The molecule has 1 aliphatic carbocycles. The van der Waals surface area contributed by atoms with E-state index in [9.17, 15) is 9.18 Å². The molecule has 6 nitrogen and oxygen atoms in total. The predicted molar refractivity (Wildman–Crippen MR) is 143 cm³/mol. The minimum absolute atomic E-state index is 0.210. The number of carbonyl (C=O) groups is 1. The number of carbonyl (C=O) groups excluding carboxylic acids is 1. The summed E-state index contributed by atoms with van der Waals surface area (Å²) in [5.74, 6) is 1.82. The zero-order valence-corrected chi connectivity index (χ0v) is 22.1. The number of benzene rings is 2. The smallest absolute Gasteiger partial charge is 0.407 e. The van der Waals surface area contributed by atoms with Crippen LogP contribution in [0.4, 0.5) is 9.18 Å². The number of aryl methyl sites for hydroxylation is 2.